The molecule has 2 nitrogen and oxygen atoms in total. The highest BCUT2D eigenvalue weighted by molar-refractivity contribution is 6.14. The molecule has 6 rings (SSSR count). The van der Waals surface area contributed by atoms with Gasteiger partial charge in [0, 0.05) is 11.8 Å². The summed E-state index contributed by atoms with van der Waals surface area (Å²) in [7, 11) is 0. The fraction of sp³-hybridized carbons (Fsp3) is 0.600. The first-order valence-electron chi connectivity index (χ1n) is 6.71. The first-order valence-corrected chi connectivity index (χ1v) is 6.71. The van der Waals surface area contributed by atoms with Gasteiger partial charge in [0.1, 0.15) is 11.6 Å². The second kappa shape index (κ2) is 1.79. The van der Waals surface area contributed by atoms with Crippen LogP contribution in [0.3, 0.4) is 0 Å². The van der Waals surface area contributed by atoms with E-state index in [4.69, 9.17) is 0 Å². The molecule has 17 heavy (non-hydrogen) atoms. The fourth-order valence-corrected chi connectivity index (χ4v) is 7.19. The molecule has 5 saturated carbocycles. The average molecular weight is 224 g/mol. The molecule has 2 bridgehead atoms. The van der Waals surface area contributed by atoms with Gasteiger partial charge in [0.25, 0.3) is 0 Å². The average Bonchev–Trinajstić information content (AvgIpc) is 2.86. The molecule has 0 heterocycles. The van der Waals surface area contributed by atoms with Crippen LogP contribution in [0.2, 0.25) is 0 Å². The maximum absolute atomic E-state index is 12.8. The van der Waals surface area contributed by atoms with Crippen molar-refractivity contribution >= 4 is 11.6 Å². The highest BCUT2D eigenvalue weighted by Crippen LogP contribution is 2.90. The number of ketones is 2. The molecular weight excluding hydrogens is 212 g/mol. The Balaban J connectivity index is 1.83. The van der Waals surface area contributed by atoms with Crippen molar-refractivity contribution in [1.29, 1.82) is 0 Å². The molecule has 6 aliphatic carbocycles. The van der Waals surface area contributed by atoms with Crippen LogP contribution in [0, 0.1) is 46.3 Å². The van der Waals surface area contributed by atoms with Crippen molar-refractivity contribution in [3.63, 3.8) is 0 Å². The predicted octanol–water partition coefficient (Wildman–Crippen LogP) is 1.38. The van der Waals surface area contributed by atoms with Crippen molar-refractivity contribution in [2.45, 2.75) is 6.42 Å². The lowest BCUT2D eigenvalue weighted by Gasteiger charge is -2.61. The lowest BCUT2D eigenvalue weighted by atomic mass is 9.38. The smallest absolute Gasteiger partial charge is 0.148 e. The van der Waals surface area contributed by atoms with Gasteiger partial charge in [-0.2, -0.15) is 0 Å². The van der Waals surface area contributed by atoms with Gasteiger partial charge in [0.15, 0.2) is 0 Å². The fourth-order valence-electron chi connectivity index (χ4n) is 7.19. The second-order valence-corrected chi connectivity index (χ2v) is 6.85. The summed E-state index contributed by atoms with van der Waals surface area (Å²) in [4.78, 5) is 25.5. The van der Waals surface area contributed by atoms with Gasteiger partial charge >= 0.3 is 0 Å². The lowest BCUT2D eigenvalue weighted by Crippen LogP contribution is -2.66. The maximum atomic E-state index is 12.8. The molecule has 0 unspecified atom stereocenters. The summed E-state index contributed by atoms with van der Waals surface area (Å²) < 4.78 is 0. The van der Waals surface area contributed by atoms with Crippen LogP contribution in [0.25, 0.3) is 0 Å². The molecule has 0 N–H and O–H groups in total. The maximum Gasteiger partial charge on any atom is 0.148 e. The molecule has 0 saturated heterocycles. The Hall–Kier alpha value is -1.18. The third kappa shape index (κ3) is 0.413. The normalized spacial score (nSPS) is 70.4. The van der Waals surface area contributed by atoms with Crippen LogP contribution in [-0.4, -0.2) is 11.6 Å². The highest BCUT2D eigenvalue weighted by atomic mass is 16.2. The highest BCUT2D eigenvalue weighted by Gasteiger charge is 2.94. The van der Waals surface area contributed by atoms with Crippen LogP contribution < -0.4 is 0 Å². The number of Topliss-reactive ketones (excluding diaryl/α,β-unsaturated/α-hetero) is 2. The molecule has 6 aliphatic rings. The quantitative estimate of drug-likeness (QED) is 0.623. The minimum Gasteiger partial charge on any atom is -0.298 e. The van der Waals surface area contributed by atoms with E-state index in [2.05, 4.69) is 12.2 Å². The number of carbonyl (C=O) groups excluding carboxylic acids is 2. The topological polar surface area (TPSA) is 34.1 Å². The van der Waals surface area contributed by atoms with Crippen molar-refractivity contribution in [2.75, 3.05) is 0 Å². The molecule has 2 heteroatoms. The van der Waals surface area contributed by atoms with Gasteiger partial charge in [0.05, 0.1) is 10.8 Å². The minimum absolute atomic E-state index is 0.112. The largest absolute Gasteiger partial charge is 0.298 e. The number of allylic oxidation sites excluding steroid dienone is 4. The zero-order chi connectivity index (χ0) is 11.2. The van der Waals surface area contributed by atoms with E-state index in [1.807, 2.05) is 12.2 Å². The number of rotatable bonds is 0. The van der Waals surface area contributed by atoms with Crippen molar-refractivity contribution in [2.24, 2.45) is 46.3 Å². The summed E-state index contributed by atoms with van der Waals surface area (Å²) in [6, 6.07) is 0. The predicted molar refractivity (Wildman–Crippen MR) is 58.7 cm³/mol. The Kier molecular flexibility index (Phi) is 0.842. The molecule has 0 aromatic rings. The Morgan fingerprint density at radius 1 is 0.882 bits per heavy atom. The first-order chi connectivity index (χ1) is 8.25. The van der Waals surface area contributed by atoms with E-state index in [-0.39, 0.29) is 22.7 Å². The summed E-state index contributed by atoms with van der Waals surface area (Å²) in [5, 5.41) is 0. The number of hydrogen-bond donors (Lipinski definition) is 0. The van der Waals surface area contributed by atoms with Crippen molar-refractivity contribution < 1.29 is 9.59 Å². The van der Waals surface area contributed by atoms with Crippen LogP contribution in [-0.2, 0) is 9.59 Å². The van der Waals surface area contributed by atoms with E-state index in [9.17, 15) is 9.59 Å². The van der Waals surface area contributed by atoms with E-state index in [1.165, 1.54) is 0 Å². The second-order valence-electron chi connectivity index (χ2n) is 6.85. The van der Waals surface area contributed by atoms with Gasteiger partial charge in [-0.05, 0) is 30.1 Å². The summed E-state index contributed by atoms with van der Waals surface area (Å²) in [5.74, 6) is 3.23. The SMILES string of the molecule is O=C1[C@@H]2[C@H]3C[C@H]4[C@@H]2C(=O)[C@@]25C=CC=C[C@@]12[C@@H]3[C@@H]45. The molecule has 0 aliphatic heterocycles. The molecule has 0 aromatic carbocycles. The zero-order valence-corrected chi connectivity index (χ0v) is 9.30. The molecule has 8 atom stereocenters. The van der Waals surface area contributed by atoms with Crippen molar-refractivity contribution in [1.82, 2.24) is 0 Å². The van der Waals surface area contributed by atoms with Crippen LogP contribution >= 0.6 is 0 Å². The van der Waals surface area contributed by atoms with Gasteiger partial charge in [0.2, 0.25) is 0 Å². The molecule has 5 fully saturated rings. The number of hydrogen-bond acceptors (Lipinski definition) is 2. The zero-order valence-electron chi connectivity index (χ0n) is 9.30. The molecule has 0 radical (unpaired) electrons. The molecule has 0 aromatic heterocycles. The Morgan fingerprint density at radius 3 is 1.82 bits per heavy atom. The van der Waals surface area contributed by atoms with Crippen LogP contribution in [0.4, 0.5) is 0 Å². The lowest BCUT2D eigenvalue weighted by molar-refractivity contribution is -0.167. The van der Waals surface area contributed by atoms with Gasteiger partial charge in [-0.15, -0.1) is 0 Å². The first kappa shape index (κ1) is 8.02. The van der Waals surface area contributed by atoms with E-state index in [1.54, 1.807) is 0 Å². The summed E-state index contributed by atoms with van der Waals surface area (Å²) in [6.45, 7) is 0. The third-order valence-electron chi connectivity index (χ3n) is 7.15. The Morgan fingerprint density at radius 2 is 1.35 bits per heavy atom. The van der Waals surface area contributed by atoms with Crippen LogP contribution in [0.1, 0.15) is 6.42 Å². The molecule has 84 valence electrons. The Bertz CT molecular complexity index is 548. The number of fused-ring (bicyclic) bond motifs is 1. The van der Waals surface area contributed by atoms with E-state index >= 15 is 0 Å². The van der Waals surface area contributed by atoms with Gasteiger partial charge in [-0.3, -0.25) is 9.59 Å². The summed E-state index contributed by atoms with van der Waals surface area (Å²) in [6.07, 6.45) is 9.33. The van der Waals surface area contributed by atoms with Crippen molar-refractivity contribution in [3.05, 3.63) is 24.3 Å². The molecular formula is C15H12O2. The van der Waals surface area contributed by atoms with E-state index in [0.717, 1.165) is 6.42 Å². The summed E-state index contributed by atoms with van der Waals surface area (Å²) in [5.41, 5.74) is -0.749. The van der Waals surface area contributed by atoms with E-state index < -0.39 is 0 Å². The minimum atomic E-state index is -0.374. The van der Waals surface area contributed by atoms with Crippen molar-refractivity contribution in [3.8, 4) is 0 Å². The van der Waals surface area contributed by atoms with Crippen LogP contribution in [0.15, 0.2) is 24.3 Å². The van der Waals surface area contributed by atoms with E-state index in [0.29, 0.717) is 35.2 Å². The van der Waals surface area contributed by atoms with Crippen LogP contribution in [0.5, 0.6) is 0 Å². The standard InChI is InChI=1S/C15H12O2/c16-12-8-6-5-7-9(8)13(17)15-4-2-1-3-14(12,15)10(6)11(7)15/h1-4,6-11H,5H2/t6-,7+,8-,9+,10+,11-,14-,15+. The third-order valence-corrected chi connectivity index (χ3v) is 7.15. The van der Waals surface area contributed by atoms with Gasteiger partial charge in [-0.1, -0.05) is 24.3 Å². The Labute approximate surface area is 98.8 Å². The molecule has 0 amide bonds. The number of carbonyl (C=O) groups is 2. The molecule has 2 spiro atoms. The van der Waals surface area contributed by atoms with Gasteiger partial charge < -0.3 is 0 Å². The monoisotopic (exact) mass is 224 g/mol. The summed E-state index contributed by atoms with van der Waals surface area (Å²) >= 11 is 0. The van der Waals surface area contributed by atoms with Gasteiger partial charge in [-0.25, -0.2) is 0 Å².